The van der Waals surface area contributed by atoms with Gasteiger partial charge in [-0.15, -0.1) is 0 Å². The van der Waals surface area contributed by atoms with Gasteiger partial charge in [-0.25, -0.2) is 9.18 Å². The Morgan fingerprint density at radius 3 is 2.73 bits per heavy atom. The number of carbonyl (C=O) groups is 1. The number of halogens is 1. The highest BCUT2D eigenvalue weighted by atomic mass is 19.1. The number of carbonyl (C=O) groups excluding carboxylic acids is 1. The zero-order valence-corrected chi connectivity index (χ0v) is 8.87. The molecule has 0 bridgehead atoms. The number of pyridine rings is 1. The molecule has 0 aromatic carbocycles. The minimum atomic E-state index is -0.693. The first-order valence-electron chi connectivity index (χ1n) is 4.54. The number of hydrogen-bond donors (Lipinski definition) is 1. The van der Waals surface area contributed by atoms with Crippen LogP contribution in [-0.2, 0) is 4.74 Å². The van der Waals surface area contributed by atoms with E-state index >= 15 is 0 Å². The predicted octanol–water partition coefficient (Wildman–Crippen LogP) is 2.52. The van der Waals surface area contributed by atoms with Crippen molar-refractivity contribution in [2.45, 2.75) is 19.8 Å². The van der Waals surface area contributed by atoms with Crippen LogP contribution in [0.5, 0.6) is 0 Å². The maximum atomic E-state index is 13.4. The van der Waals surface area contributed by atoms with Gasteiger partial charge in [0.25, 0.3) is 0 Å². The van der Waals surface area contributed by atoms with Crippen molar-refractivity contribution in [2.75, 3.05) is 12.4 Å². The number of aromatic nitrogens is 1. The van der Waals surface area contributed by atoms with Crippen molar-refractivity contribution in [1.29, 1.82) is 0 Å². The van der Waals surface area contributed by atoms with Crippen molar-refractivity contribution in [1.82, 2.24) is 4.98 Å². The van der Waals surface area contributed by atoms with E-state index in [1.807, 2.05) is 13.8 Å². The molecule has 1 rings (SSSR count). The molecule has 0 spiro atoms. The van der Waals surface area contributed by atoms with Crippen LogP contribution < -0.4 is 5.32 Å². The van der Waals surface area contributed by atoms with Gasteiger partial charge < -0.3 is 4.74 Å². The maximum Gasteiger partial charge on any atom is 0.411 e. The van der Waals surface area contributed by atoms with Crippen molar-refractivity contribution < 1.29 is 13.9 Å². The summed E-state index contributed by atoms with van der Waals surface area (Å²) in [5.41, 5.74) is 0.771. The monoisotopic (exact) mass is 212 g/mol. The van der Waals surface area contributed by atoms with Crippen LogP contribution in [0, 0.1) is 5.82 Å². The van der Waals surface area contributed by atoms with Gasteiger partial charge in [-0.1, -0.05) is 13.8 Å². The van der Waals surface area contributed by atoms with E-state index in [0.717, 1.165) is 6.20 Å². The molecule has 82 valence electrons. The van der Waals surface area contributed by atoms with Gasteiger partial charge in [0.05, 0.1) is 19.0 Å². The summed E-state index contributed by atoms with van der Waals surface area (Å²) in [4.78, 5) is 14.7. The number of amides is 1. The predicted molar refractivity (Wildman–Crippen MR) is 54.3 cm³/mol. The van der Waals surface area contributed by atoms with Crippen LogP contribution in [0.25, 0.3) is 0 Å². The van der Waals surface area contributed by atoms with E-state index in [-0.39, 0.29) is 11.6 Å². The fourth-order valence-electron chi connectivity index (χ4n) is 1.17. The normalized spacial score (nSPS) is 10.2. The highest BCUT2D eigenvalue weighted by Crippen LogP contribution is 2.25. The first kappa shape index (κ1) is 11.4. The minimum Gasteiger partial charge on any atom is -0.453 e. The fourth-order valence-corrected chi connectivity index (χ4v) is 1.17. The number of ether oxygens (including phenoxy) is 1. The van der Waals surface area contributed by atoms with Crippen LogP contribution in [0.3, 0.4) is 0 Å². The quantitative estimate of drug-likeness (QED) is 0.819. The molecule has 15 heavy (non-hydrogen) atoms. The van der Waals surface area contributed by atoms with Gasteiger partial charge in [0.15, 0.2) is 5.82 Å². The summed E-state index contributed by atoms with van der Waals surface area (Å²) in [6.07, 6.45) is 1.89. The lowest BCUT2D eigenvalue weighted by molar-refractivity contribution is 0.186. The molecule has 0 unspecified atom stereocenters. The van der Waals surface area contributed by atoms with Gasteiger partial charge >= 0.3 is 6.09 Å². The van der Waals surface area contributed by atoms with Gasteiger partial charge in [-0.2, -0.15) is 0 Å². The number of rotatable bonds is 2. The number of nitrogens with one attached hydrogen (secondary N) is 1. The van der Waals surface area contributed by atoms with Crippen molar-refractivity contribution in [2.24, 2.45) is 0 Å². The summed E-state index contributed by atoms with van der Waals surface area (Å²) in [6, 6.07) is 0. The number of anilines is 1. The zero-order chi connectivity index (χ0) is 11.4. The Kier molecular flexibility index (Phi) is 3.60. The topological polar surface area (TPSA) is 51.2 Å². The molecule has 1 amide bonds. The van der Waals surface area contributed by atoms with Crippen molar-refractivity contribution in [3.63, 3.8) is 0 Å². The van der Waals surface area contributed by atoms with E-state index in [4.69, 9.17) is 0 Å². The Balaban J connectivity index is 3.07. The molecular formula is C10H13FN2O2. The third-order valence-electron chi connectivity index (χ3n) is 1.96. The summed E-state index contributed by atoms with van der Waals surface area (Å²) in [5.74, 6) is -0.494. The molecule has 1 aromatic rings. The average Bonchev–Trinajstić information content (AvgIpc) is 2.20. The summed E-state index contributed by atoms with van der Waals surface area (Å²) in [7, 11) is 1.23. The largest absolute Gasteiger partial charge is 0.453 e. The van der Waals surface area contributed by atoms with Crippen molar-refractivity contribution in [3.05, 3.63) is 23.8 Å². The Bertz CT molecular complexity index is 366. The van der Waals surface area contributed by atoms with Crippen LogP contribution in [0.2, 0.25) is 0 Å². The van der Waals surface area contributed by atoms with Crippen LogP contribution in [0.4, 0.5) is 14.9 Å². The van der Waals surface area contributed by atoms with Gasteiger partial charge in [0.2, 0.25) is 0 Å². The molecule has 0 radical (unpaired) electrons. The molecule has 1 N–H and O–H groups in total. The minimum absolute atomic E-state index is 0.0698. The average molecular weight is 212 g/mol. The third kappa shape index (κ3) is 2.65. The lowest BCUT2D eigenvalue weighted by Crippen LogP contribution is -2.14. The standard InChI is InChI=1S/C10H13FN2O2/c1-6(2)7-4-12-5-8(11)9(7)13-10(14)15-3/h4-6H,1-3H3,(H,12,13,14). The van der Waals surface area contributed by atoms with E-state index in [1.165, 1.54) is 13.3 Å². The van der Waals surface area contributed by atoms with Crippen LogP contribution in [-0.4, -0.2) is 18.2 Å². The molecule has 0 saturated carbocycles. The lowest BCUT2D eigenvalue weighted by atomic mass is 10.0. The van der Waals surface area contributed by atoms with E-state index in [0.29, 0.717) is 5.56 Å². The van der Waals surface area contributed by atoms with Gasteiger partial charge in [0.1, 0.15) is 0 Å². The number of hydrogen-bond acceptors (Lipinski definition) is 3. The number of nitrogens with zero attached hydrogens (tertiary/aromatic N) is 1. The van der Waals surface area contributed by atoms with Gasteiger partial charge in [-0.3, -0.25) is 10.3 Å². The summed E-state index contributed by atoms with van der Waals surface area (Å²) >= 11 is 0. The smallest absolute Gasteiger partial charge is 0.411 e. The SMILES string of the molecule is COC(=O)Nc1c(F)cncc1C(C)C. The molecule has 5 heteroatoms. The second-order valence-corrected chi connectivity index (χ2v) is 3.36. The molecule has 0 aliphatic heterocycles. The Labute approximate surface area is 87.5 Å². The van der Waals surface area contributed by atoms with Gasteiger partial charge in [-0.05, 0) is 11.5 Å². The summed E-state index contributed by atoms with van der Waals surface area (Å²) in [5, 5.41) is 2.33. The van der Waals surface area contributed by atoms with Crippen LogP contribution in [0.1, 0.15) is 25.3 Å². The highest BCUT2D eigenvalue weighted by Gasteiger charge is 2.14. The van der Waals surface area contributed by atoms with Crippen molar-refractivity contribution >= 4 is 11.8 Å². The summed E-state index contributed by atoms with van der Waals surface area (Å²) in [6.45, 7) is 3.78. The molecule has 0 saturated heterocycles. The number of methoxy groups -OCH3 is 1. The second-order valence-electron chi connectivity index (χ2n) is 3.36. The van der Waals surface area contributed by atoms with E-state index in [9.17, 15) is 9.18 Å². The molecule has 1 heterocycles. The molecule has 0 fully saturated rings. The first-order chi connectivity index (χ1) is 7.06. The van der Waals surface area contributed by atoms with Crippen molar-refractivity contribution in [3.8, 4) is 0 Å². The third-order valence-corrected chi connectivity index (χ3v) is 1.96. The Morgan fingerprint density at radius 2 is 2.20 bits per heavy atom. The van der Waals surface area contributed by atoms with E-state index in [1.54, 1.807) is 0 Å². The maximum absolute atomic E-state index is 13.4. The fraction of sp³-hybridized carbons (Fsp3) is 0.400. The van der Waals surface area contributed by atoms with Crippen LogP contribution in [0.15, 0.2) is 12.4 Å². The molecule has 0 aliphatic carbocycles. The lowest BCUT2D eigenvalue weighted by Gasteiger charge is -2.12. The van der Waals surface area contributed by atoms with E-state index < -0.39 is 11.9 Å². The molecule has 0 atom stereocenters. The second kappa shape index (κ2) is 4.72. The van der Waals surface area contributed by atoms with E-state index in [2.05, 4.69) is 15.0 Å². The van der Waals surface area contributed by atoms with Crippen LogP contribution >= 0.6 is 0 Å². The highest BCUT2D eigenvalue weighted by molar-refractivity contribution is 5.85. The molecule has 1 aromatic heterocycles. The molecule has 4 nitrogen and oxygen atoms in total. The first-order valence-corrected chi connectivity index (χ1v) is 4.54. The Hall–Kier alpha value is -1.65. The van der Waals surface area contributed by atoms with Gasteiger partial charge in [0, 0.05) is 6.20 Å². The molecular weight excluding hydrogens is 199 g/mol. The molecule has 0 aliphatic rings. The zero-order valence-electron chi connectivity index (χ0n) is 8.87. The Morgan fingerprint density at radius 1 is 1.53 bits per heavy atom. The summed E-state index contributed by atoms with van der Waals surface area (Å²) < 4.78 is 17.8.